The van der Waals surface area contributed by atoms with Crippen molar-refractivity contribution in [2.45, 2.75) is 32.4 Å². The van der Waals surface area contributed by atoms with E-state index in [9.17, 15) is 0 Å². The molecule has 1 aromatic heterocycles. The Morgan fingerprint density at radius 3 is 2.94 bits per heavy atom. The largest absolute Gasteiger partial charge is 0.364 e. The summed E-state index contributed by atoms with van der Waals surface area (Å²) in [6, 6.07) is 2.47. The van der Waals surface area contributed by atoms with Crippen molar-refractivity contribution in [2.75, 3.05) is 20.1 Å². The summed E-state index contributed by atoms with van der Waals surface area (Å²) < 4.78 is 4.81. The molecule has 0 saturated carbocycles. The molecule has 2 heterocycles. The molecule has 1 aliphatic rings. The Labute approximate surface area is 97.0 Å². The average Bonchev–Trinajstić information content (AvgIpc) is 2.80. The quantitative estimate of drug-likeness (QED) is 0.839. The van der Waals surface area contributed by atoms with Crippen molar-refractivity contribution in [3.8, 4) is 0 Å². The van der Waals surface area contributed by atoms with Gasteiger partial charge < -0.3 is 14.7 Å². The monoisotopic (exact) mass is 223 g/mol. The number of nitrogens with one attached hydrogen (secondary N) is 1. The molecule has 0 spiro atoms. The van der Waals surface area contributed by atoms with E-state index in [1.807, 2.05) is 6.07 Å². The first-order valence-corrected chi connectivity index (χ1v) is 6.07. The van der Waals surface area contributed by atoms with Crippen LogP contribution in [0.25, 0.3) is 0 Å². The summed E-state index contributed by atoms with van der Waals surface area (Å²) in [5.74, 6) is 0.795. The molecule has 1 unspecified atom stereocenters. The molecule has 0 bridgehead atoms. The molecular formula is C12H21N3O. The summed E-state index contributed by atoms with van der Waals surface area (Å²) in [7, 11) is 2.20. The molecular weight excluding hydrogens is 202 g/mol. The van der Waals surface area contributed by atoms with Gasteiger partial charge in [0.1, 0.15) is 6.26 Å². The van der Waals surface area contributed by atoms with E-state index >= 15 is 0 Å². The first-order chi connectivity index (χ1) is 7.75. The van der Waals surface area contributed by atoms with Crippen LogP contribution in [0.1, 0.15) is 25.5 Å². The standard InChI is InChI=1S/C12H21N3O/c1-10(11-3-6-15(2)7-4-11)13-9-12-5-8-16-14-12/h5,8,10-11,13H,3-4,6-7,9H2,1-2H3. The number of rotatable bonds is 4. The first kappa shape index (κ1) is 11.6. The molecule has 0 aliphatic carbocycles. The zero-order valence-corrected chi connectivity index (χ0v) is 10.1. The van der Waals surface area contributed by atoms with E-state index in [0.29, 0.717) is 6.04 Å². The Morgan fingerprint density at radius 1 is 1.56 bits per heavy atom. The molecule has 0 aromatic carbocycles. The van der Waals surface area contributed by atoms with Gasteiger partial charge in [-0.25, -0.2) is 0 Å². The molecule has 90 valence electrons. The third-order valence-electron chi connectivity index (χ3n) is 3.57. The van der Waals surface area contributed by atoms with Gasteiger partial charge in [-0.05, 0) is 45.8 Å². The van der Waals surface area contributed by atoms with E-state index in [-0.39, 0.29) is 0 Å². The summed E-state index contributed by atoms with van der Waals surface area (Å²) in [5.41, 5.74) is 0.986. The Morgan fingerprint density at radius 2 is 2.31 bits per heavy atom. The van der Waals surface area contributed by atoms with Crippen molar-refractivity contribution < 1.29 is 4.52 Å². The Bertz CT molecular complexity index is 291. The second kappa shape index (κ2) is 5.46. The molecule has 1 atom stereocenters. The number of aromatic nitrogens is 1. The summed E-state index contributed by atoms with van der Waals surface area (Å²) >= 11 is 0. The summed E-state index contributed by atoms with van der Waals surface area (Å²) in [5, 5.41) is 7.43. The van der Waals surface area contributed by atoms with Crippen LogP contribution in [0.5, 0.6) is 0 Å². The van der Waals surface area contributed by atoms with Crippen LogP contribution in [0.15, 0.2) is 16.9 Å². The highest BCUT2D eigenvalue weighted by atomic mass is 16.5. The van der Waals surface area contributed by atoms with Crippen LogP contribution in [0.3, 0.4) is 0 Å². The van der Waals surface area contributed by atoms with E-state index in [0.717, 1.165) is 18.2 Å². The van der Waals surface area contributed by atoms with Gasteiger partial charge in [-0.2, -0.15) is 0 Å². The minimum Gasteiger partial charge on any atom is -0.364 e. The second-order valence-electron chi connectivity index (χ2n) is 4.80. The number of piperidine rings is 1. The highest BCUT2D eigenvalue weighted by molar-refractivity contribution is 4.95. The van der Waals surface area contributed by atoms with Crippen molar-refractivity contribution in [2.24, 2.45) is 5.92 Å². The number of hydrogen-bond acceptors (Lipinski definition) is 4. The van der Waals surface area contributed by atoms with E-state index in [2.05, 4.69) is 29.3 Å². The van der Waals surface area contributed by atoms with Crippen LogP contribution >= 0.6 is 0 Å². The lowest BCUT2D eigenvalue weighted by Crippen LogP contribution is -2.40. The molecule has 2 rings (SSSR count). The van der Waals surface area contributed by atoms with Crippen molar-refractivity contribution in [1.82, 2.24) is 15.4 Å². The van der Waals surface area contributed by atoms with Crippen molar-refractivity contribution >= 4 is 0 Å². The third-order valence-corrected chi connectivity index (χ3v) is 3.57. The molecule has 4 heteroatoms. The zero-order valence-electron chi connectivity index (χ0n) is 10.1. The SMILES string of the molecule is CC(NCc1ccon1)C1CCN(C)CC1. The zero-order chi connectivity index (χ0) is 11.4. The summed E-state index contributed by atoms with van der Waals surface area (Å²) in [6.07, 6.45) is 4.21. The van der Waals surface area contributed by atoms with Crippen LogP contribution in [0, 0.1) is 5.92 Å². The Balaban J connectivity index is 1.73. The number of nitrogens with zero attached hydrogens (tertiary/aromatic N) is 2. The maximum absolute atomic E-state index is 4.81. The van der Waals surface area contributed by atoms with Gasteiger partial charge in [0.05, 0.1) is 5.69 Å². The van der Waals surface area contributed by atoms with Crippen LogP contribution < -0.4 is 5.32 Å². The molecule has 0 amide bonds. The van der Waals surface area contributed by atoms with Crippen molar-refractivity contribution in [3.05, 3.63) is 18.0 Å². The second-order valence-corrected chi connectivity index (χ2v) is 4.80. The summed E-state index contributed by atoms with van der Waals surface area (Å²) in [6.45, 7) is 5.53. The highest BCUT2D eigenvalue weighted by Gasteiger charge is 2.21. The smallest absolute Gasteiger partial charge is 0.124 e. The maximum atomic E-state index is 4.81. The molecule has 16 heavy (non-hydrogen) atoms. The lowest BCUT2D eigenvalue weighted by atomic mass is 9.90. The predicted molar refractivity (Wildman–Crippen MR) is 63.0 cm³/mol. The third kappa shape index (κ3) is 3.06. The van der Waals surface area contributed by atoms with Crippen molar-refractivity contribution in [1.29, 1.82) is 0 Å². The van der Waals surface area contributed by atoms with E-state index in [1.54, 1.807) is 6.26 Å². The topological polar surface area (TPSA) is 41.3 Å². The molecule has 1 fully saturated rings. The van der Waals surface area contributed by atoms with Gasteiger partial charge in [-0.15, -0.1) is 0 Å². The van der Waals surface area contributed by atoms with Crippen molar-refractivity contribution in [3.63, 3.8) is 0 Å². The van der Waals surface area contributed by atoms with Gasteiger partial charge >= 0.3 is 0 Å². The maximum Gasteiger partial charge on any atom is 0.124 e. The molecule has 1 aromatic rings. The van der Waals surface area contributed by atoms with Gasteiger partial charge in [0.25, 0.3) is 0 Å². The Kier molecular flexibility index (Phi) is 3.96. The van der Waals surface area contributed by atoms with Gasteiger partial charge in [-0.3, -0.25) is 0 Å². The van der Waals surface area contributed by atoms with Gasteiger partial charge in [0.15, 0.2) is 0 Å². The molecule has 1 N–H and O–H groups in total. The minimum atomic E-state index is 0.561. The molecule has 1 saturated heterocycles. The van der Waals surface area contributed by atoms with Crippen LogP contribution in [0.2, 0.25) is 0 Å². The Hall–Kier alpha value is -0.870. The summed E-state index contributed by atoms with van der Waals surface area (Å²) in [4.78, 5) is 2.40. The normalized spacial score (nSPS) is 21.1. The minimum absolute atomic E-state index is 0.561. The molecule has 4 nitrogen and oxygen atoms in total. The highest BCUT2D eigenvalue weighted by Crippen LogP contribution is 2.19. The van der Waals surface area contributed by atoms with Gasteiger partial charge in [0.2, 0.25) is 0 Å². The van der Waals surface area contributed by atoms with E-state index in [1.165, 1.54) is 25.9 Å². The molecule has 1 aliphatic heterocycles. The van der Waals surface area contributed by atoms with Crippen LogP contribution in [0.4, 0.5) is 0 Å². The van der Waals surface area contributed by atoms with Crippen LogP contribution in [-0.2, 0) is 6.54 Å². The number of hydrogen-bond donors (Lipinski definition) is 1. The van der Waals surface area contributed by atoms with Gasteiger partial charge in [0, 0.05) is 18.7 Å². The number of likely N-dealkylation sites (tertiary alicyclic amines) is 1. The average molecular weight is 223 g/mol. The molecule has 0 radical (unpaired) electrons. The van der Waals surface area contributed by atoms with E-state index in [4.69, 9.17) is 4.52 Å². The van der Waals surface area contributed by atoms with E-state index < -0.39 is 0 Å². The predicted octanol–water partition coefficient (Wildman–Crippen LogP) is 1.49. The van der Waals surface area contributed by atoms with Gasteiger partial charge in [-0.1, -0.05) is 5.16 Å². The lowest BCUT2D eigenvalue weighted by Gasteiger charge is -2.33. The fourth-order valence-corrected chi connectivity index (χ4v) is 2.29. The fraction of sp³-hybridized carbons (Fsp3) is 0.750. The van der Waals surface area contributed by atoms with Crippen LogP contribution in [-0.4, -0.2) is 36.2 Å². The fourth-order valence-electron chi connectivity index (χ4n) is 2.29. The lowest BCUT2D eigenvalue weighted by molar-refractivity contribution is 0.189. The first-order valence-electron chi connectivity index (χ1n) is 6.07.